The number of carbonyl (C=O) groups is 1. The van der Waals surface area contributed by atoms with E-state index in [0.717, 1.165) is 38.3 Å². The molecule has 1 aromatic rings. The van der Waals surface area contributed by atoms with Gasteiger partial charge in [-0.1, -0.05) is 89.7 Å². The van der Waals surface area contributed by atoms with Gasteiger partial charge in [-0.15, -0.1) is 0 Å². The molecule has 0 spiro atoms. The highest BCUT2D eigenvalue weighted by Crippen LogP contribution is 2.14. The highest BCUT2D eigenvalue weighted by molar-refractivity contribution is 5.94. The van der Waals surface area contributed by atoms with Gasteiger partial charge in [0.15, 0.2) is 0 Å². The molecule has 0 bridgehead atoms. The van der Waals surface area contributed by atoms with E-state index in [9.17, 15) is 4.79 Å². The fraction of sp³-hybridized carbons (Fsp3) is 0.704. The molecule has 2 rings (SSSR count). The molecule has 1 amide bonds. The minimum atomic E-state index is 0.102. The SMILES string of the molecule is CCCCCCCCCCCCCCN1CCN(C(=O)c2cccc(CC#N)c2)CC1. The summed E-state index contributed by atoms with van der Waals surface area (Å²) in [7, 11) is 0. The topological polar surface area (TPSA) is 47.3 Å². The van der Waals surface area contributed by atoms with Gasteiger partial charge in [-0.05, 0) is 30.7 Å². The average Bonchev–Trinajstić information content (AvgIpc) is 2.80. The summed E-state index contributed by atoms with van der Waals surface area (Å²) in [5.74, 6) is 0.102. The van der Waals surface area contributed by atoms with Gasteiger partial charge in [0.1, 0.15) is 0 Å². The Hall–Kier alpha value is -1.86. The molecule has 0 unspecified atom stereocenters. The molecular formula is C27H43N3O. The maximum Gasteiger partial charge on any atom is 0.253 e. The molecule has 4 heteroatoms. The smallest absolute Gasteiger partial charge is 0.253 e. The van der Waals surface area contributed by atoms with Crippen LogP contribution in [0.15, 0.2) is 24.3 Å². The van der Waals surface area contributed by atoms with Crippen molar-refractivity contribution in [3.8, 4) is 6.07 Å². The number of benzene rings is 1. The normalized spacial score (nSPS) is 14.5. The number of nitriles is 1. The summed E-state index contributed by atoms with van der Waals surface area (Å²) in [5.41, 5.74) is 1.63. The first-order valence-electron chi connectivity index (χ1n) is 12.7. The third-order valence-electron chi connectivity index (χ3n) is 6.44. The van der Waals surface area contributed by atoms with E-state index in [1.54, 1.807) is 0 Å². The summed E-state index contributed by atoms with van der Waals surface area (Å²) in [5, 5.41) is 8.86. The molecule has 31 heavy (non-hydrogen) atoms. The van der Waals surface area contributed by atoms with Gasteiger partial charge in [-0.2, -0.15) is 5.26 Å². The van der Waals surface area contributed by atoms with E-state index < -0.39 is 0 Å². The number of hydrogen-bond acceptors (Lipinski definition) is 3. The van der Waals surface area contributed by atoms with Gasteiger partial charge in [0, 0.05) is 31.7 Å². The number of piperazine rings is 1. The van der Waals surface area contributed by atoms with E-state index in [1.807, 2.05) is 29.2 Å². The highest BCUT2D eigenvalue weighted by atomic mass is 16.2. The van der Waals surface area contributed by atoms with Gasteiger partial charge < -0.3 is 4.90 Å². The molecule has 1 aliphatic rings. The molecule has 4 nitrogen and oxygen atoms in total. The van der Waals surface area contributed by atoms with Gasteiger partial charge >= 0.3 is 0 Å². The average molecular weight is 426 g/mol. The summed E-state index contributed by atoms with van der Waals surface area (Å²) in [4.78, 5) is 17.2. The van der Waals surface area contributed by atoms with Crippen LogP contribution in [0.2, 0.25) is 0 Å². The Bertz CT molecular complexity index is 659. The Morgan fingerprint density at radius 3 is 2.03 bits per heavy atom. The molecule has 1 fully saturated rings. The molecule has 0 radical (unpaired) electrons. The third-order valence-corrected chi connectivity index (χ3v) is 6.44. The van der Waals surface area contributed by atoms with E-state index in [0.29, 0.717) is 12.0 Å². The second kappa shape index (κ2) is 15.9. The van der Waals surface area contributed by atoms with Crippen LogP contribution < -0.4 is 0 Å². The lowest BCUT2D eigenvalue weighted by Gasteiger charge is -2.34. The maximum atomic E-state index is 12.8. The van der Waals surface area contributed by atoms with Crippen molar-refractivity contribution in [3.05, 3.63) is 35.4 Å². The monoisotopic (exact) mass is 425 g/mol. The van der Waals surface area contributed by atoms with E-state index in [1.165, 1.54) is 77.0 Å². The molecule has 1 aliphatic heterocycles. The molecular weight excluding hydrogens is 382 g/mol. The molecule has 1 aromatic carbocycles. The molecule has 172 valence electrons. The van der Waals surface area contributed by atoms with Gasteiger partial charge in [-0.3, -0.25) is 9.69 Å². The molecule has 0 aliphatic carbocycles. The van der Waals surface area contributed by atoms with Crippen LogP contribution in [0.3, 0.4) is 0 Å². The van der Waals surface area contributed by atoms with Crippen LogP contribution in [0.4, 0.5) is 0 Å². The quantitative estimate of drug-likeness (QED) is 0.314. The van der Waals surface area contributed by atoms with Crippen molar-refractivity contribution in [2.75, 3.05) is 32.7 Å². The van der Waals surface area contributed by atoms with E-state index in [4.69, 9.17) is 5.26 Å². The number of carbonyl (C=O) groups excluding carboxylic acids is 1. The molecule has 1 heterocycles. The van der Waals surface area contributed by atoms with Crippen molar-refractivity contribution in [3.63, 3.8) is 0 Å². The number of rotatable bonds is 15. The molecule has 0 aromatic heterocycles. The molecule has 0 saturated carbocycles. The van der Waals surface area contributed by atoms with E-state index in [-0.39, 0.29) is 5.91 Å². The standard InChI is InChI=1S/C27H43N3O/c1-2-3-4-5-6-7-8-9-10-11-12-13-19-29-20-22-30(23-21-29)27(31)26-16-14-15-25(24-26)17-18-28/h14-16,24H,2-13,17,19-23H2,1H3. The molecule has 1 saturated heterocycles. The Kier molecular flexibility index (Phi) is 13.0. The summed E-state index contributed by atoms with van der Waals surface area (Å²) in [6.45, 7) is 7.00. The predicted molar refractivity (Wildman–Crippen MR) is 129 cm³/mol. The fourth-order valence-electron chi connectivity index (χ4n) is 4.44. The van der Waals surface area contributed by atoms with Crippen molar-refractivity contribution >= 4 is 5.91 Å². The largest absolute Gasteiger partial charge is 0.336 e. The van der Waals surface area contributed by atoms with Crippen molar-refractivity contribution in [1.29, 1.82) is 5.26 Å². The summed E-state index contributed by atoms with van der Waals surface area (Å²) < 4.78 is 0. The minimum Gasteiger partial charge on any atom is -0.336 e. The van der Waals surface area contributed by atoms with Crippen LogP contribution in [-0.4, -0.2) is 48.4 Å². The van der Waals surface area contributed by atoms with Crippen LogP contribution in [0.5, 0.6) is 0 Å². The zero-order chi connectivity index (χ0) is 22.2. The summed E-state index contributed by atoms with van der Waals surface area (Å²) in [6.07, 6.45) is 17.0. The maximum absolute atomic E-state index is 12.8. The lowest BCUT2D eigenvalue weighted by Crippen LogP contribution is -2.48. The van der Waals surface area contributed by atoms with Crippen molar-refractivity contribution in [2.24, 2.45) is 0 Å². The van der Waals surface area contributed by atoms with Gasteiger partial charge in [0.25, 0.3) is 5.91 Å². The van der Waals surface area contributed by atoms with E-state index >= 15 is 0 Å². The number of hydrogen-bond donors (Lipinski definition) is 0. The summed E-state index contributed by atoms with van der Waals surface area (Å²) in [6, 6.07) is 9.67. The predicted octanol–water partition coefficient (Wildman–Crippen LogP) is 6.21. The van der Waals surface area contributed by atoms with Crippen molar-refractivity contribution in [1.82, 2.24) is 9.80 Å². The number of amides is 1. The molecule has 0 N–H and O–H groups in total. The van der Waals surface area contributed by atoms with E-state index in [2.05, 4.69) is 17.9 Å². The van der Waals surface area contributed by atoms with Gasteiger partial charge in [-0.25, -0.2) is 0 Å². The second-order valence-corrected chi connectivity index (χ2v) is 9.06. The Morgan fingerprint density at radius 2 is 1.45 bits per heavy atom. The van der Waals surface area contributed by atoms with Gasteiger partial charge in [0.05, 0.1) is 12.5 Å². The van der Waals surface area contributed by atoms with Crippen molar-refractivity contribution < 1.29 is 4.79 Å². The van der Waals surface area contributed by atoms with Crippen LogP contribution in [-0.2, 0) is 6.42 Å². The van der Waals surface area contributed by atoms with Crippen LogP contribution in [0.25, 0.3) is 0 Å². The van der Waals surface area contributed by atoms with Crippen LogP contribution in [0.1, 0.15) is 99.9 Å². The van der Waals surface area contributed by atoms with Crippen LogP contribution in [0, 0.1) is 11.3 Å². The van der Waals surface area contributed by atoms with Gasteiger partial charge in [0.2, 0.25) is 0 Å². The van der Waals surface area contributed by atoms with Crippen LogP contribution >= 0.6 is 0 Å². The number of nitrogens with zero attached hydrogens (tertiary/aromatic N) is 3. The first-order valence-corrected chi connectivity index (χ1v) is 12.7. The first kappa shape index (κ1) is 25.4. The molecule has 0 atom stereocenters. The zero-order valence-corrected chi connectivity index (χ0v) is 19.8. The lowest BCUT2D eigenvalue weighted by molar-refractivity contribution is 0.0635. The lowest BCUT2D eigenvalue weighted by atomic mass is 10.1. The Morgan fingerprint density at radius 1 is 0.871 bits per heavy atom. The van der Waals surface area contributed by atoms with Crippen molar-refractivity contribution in [2.45, 2.75) is 90.4 Å². The fourth-order valence-corrected chi connectivity index (χ4v) is 4.44. The Labute approximate surface area is 190 Å². The first-order chi connectivity index (χ1) is 15.2. The Balaban J connectivity index is 1.49. The number of unbranched alkanes of at least 4 members (excludes halogenated alkanes) is 11. The highest BCUT2D eigenvalue weighted by Gasteiger charge is 2.21. The zero-order valence-electron chi connectivity index (χ0n) is 19.8. The minimum absolute atomic E-state index is 0.102. The second-order valence-electron chi connectivity index (χ2n) is 9.06. The third kappa shape index (κ3) is 10.3. The summed E-state index contributed by atoms with van der Waals surface area (Å²) >= 11 is 0.